The van der Waals surface area contributed by atoms with Gasteiger partial charge in [-0.1, -0.05) is 0 Å². The van der Waals surface area contributed by atoms with Gasteiger partial charge in [0.2, 0.25) is 0 Å². The van der Waals surface area contributed by atoms with E-state index in [9.17, 15) is 9.59 Å². The van der Waals surface area contributed by atoms with Crippen molar-refractivity contribution in [2.24, 2.45) is 5.84 Å². The van der Waals surface area contributed by atoms with Crippen LogP contribution >= 0.6 is 0 Å². The highest BCUT2D eigenvalue weighted by Gasteiger charge is 2.25. The molecule has 1 aromatic rings. The van der Waals surface area contributed by atoms with E-state index < -0.39 is 23.6 Å². The van der Waals surface area contributed by atoms with E-state index in [1.807, 2.05) is 5.43 Å². The van der Waals surface area contributed by atoms with E-state index in [4.69, 9.17) is 10.6 Å². The lowest BCUT2D eigenvalue weighted by Gasteiger charge is -2.23. The van der Waals surface area contributed by atoms with Crippen LogP contribution in [0.5, 0.6) is 0 Å². The lowest BCUT2D eigenvalue weighted by molar-refractivity contribution is -0.123. The normalized spacial score (nSPS) is 12.4. The minimum absolute atomic E-state index is 0.544. The topological polar surface area (TPSA) is 106 Å². The van der Waals surface area contributed by atoms with Crippen LogP contribution in [0.25, 0.3) is 0 Å². The second-order valence-corrected chi connectivity index (χ2v) is 4.87. The highest BCUT2D eigenvalue weighted by atomic mass is 16.6. The average Bonchev–Trinajstić information content (AvgIpc) is 2.34. The zero-order valence-electron chi connectivity index (χ0n) is 11.1. The van der Waals surface area contributed by atoms with Gasteiger partial charge in [0, 0.05) is 12.4 Å². The standard InChI is InChI=1S/C12H18N4O3/c1-12(2,3)19-11(18)15-9(10(17)16-13)8-4-6-14-7-5-8/h4-7,9H,13H2,1-3H3,(H,15,18)(H,16,17). The summed E-state index contributed by atoms with van der Waals surface area (Å²) in [5.74, 6) is 4.56. The van der Waals surface area contributed by atoms with Crippen LogP contribution in [0.1, 0.15) is 32.4 Å². The number of nitrogens with one attached hydrogen (secondary N) is 2. The lowest BCUT2D eigenvalue weighted by Crippen LogP contribution is -2.44. The smallest absolute Gasteiger partial charge is 0.408 e. The number of nitrogens with zero attached hydrogens (tertiary/aromatic N) is 1. The minimum Gasteiger partial charge on any atom is -0.444 e. The molecule has 0 bridgehead atoms. The van der Waals surface area contributed by atoms with Gasteiger partial charge in [0.1, 0.15) is 11.6 Å². The van der Waals surface area contributed by atoms with Crippen molar-refractivity contribution in [1.29, 1.82) is 0 Å². The molecule has 1 aromatic heterocycles. The van der Waals surface area contributed by atoms with E-state index in [0.717, 1.165) is 0 Å². The number of hydrazine groups is 1. The molecule has 0 saturated heterocycles. The molecule has 0 aliphatic rings. The Bertz CT molecular complexity index is 442. The van der Waals surface area contributed by atoms with Gasteiger partial charge in [0.05, 0.1) is 0 Å². The van der Waals surface area contributed by atoms with Gasteiger partial charge in [-0.25, -0.2) is 10.6 Å². The molecule has 0 saturated carbocycles. The summed E-state index contributed by atoms with van der Waals surface area (Å²) in [6.07, 6.45) is 2.34. The van der Waals surface area contributed by atoms with Crippen LogP contribution in [-0.2, 0) is 9.53 Å². The van der Waals surface area contributed by atoms with E-state index in [-0.39, 0.29) is 0 Å². The van der Waals surface area contributed by atoms with Crippen LogP contribution in [0.4, 0.5) is 4.79 Å². The Morgan fingerprint density at radius 1 is 1.32 bits per heavy atom. The highest BCUT2D eigenvalue weighted by molar-refractivity contribution is 5.86. The first-order chi connectivity index (χ1) is 8.83. The van der Waals surface area contributed by atoms with Gasteiger partial charge in [-0.05, 0) is 38.5 Å². The molecule has 1 unspecified atom stereocenters. The third-order valence-electron chi connectivity index (χ3n) is 2.10. The molecular formula is C12H18N4O3. The number of hydrogen-bond acceptors (Lipinski definition) is 5. The molecule has 0 aromatic carbocycles. The number of alkyl carbamates (subject to hydrolysis) is 1. The molecule has 1 heterocycles. The van der Waals surface area contributed by atoms with Gasteiger partial charge < -0.3 is 10.1 Å². The molecule has 19 heavy (non-hydrogen) atoms. The summed E-state index contributed by atoms with van der Waals surface area (Å²) >= 11 is 0. The number of rotatable bonds is 3. The molecule has 104 valence electrons. The van der Waals surface area contributed by atoms with Crippen molar-refractivity contribution in [3.8, 4) is 0 Å². The molecule has 2 amide bonds. The fourth-order valence-electron chi connectivity index (χ4n) is 1.36. The number of carbonyl (C=O) groups excluding carboxylic acids is 2. The van der Waals surface area contributed by atoms with Gasteiger partial charge in [-0.3, -0.25) is 15.2 Å². The minimum atomic E-state index is -0.928. The maximum absolute atomic E-state index is 11.7. The molecule has 7 heteroatoms. The molecule has 7 nitrogen and oxygen atoms in total. The van der Waals surface area contributed by atoms with E-state index in [0.29, 0.717) is 5.56 Å². The number of hydrogen-bond donors (Lipinski definition) is 3. The van der Waals surface area contributed by atoms with Crippen LogP contribution in [0, 0.1) is 0 Å². The summed E-state index contributed by atoms with van der Waals surface area (Å²) in [5, 5.41) is 2.46. The quantitative estimate of drug-likeness (QED) is 0.423. The van der Waals surface area contributed by atoms with Crippen molar-refractivity contribution in [1.82, 2.24) is 15.7 Å². The molecule has 0 aliphatic heterocycles. The predicted molar refractivity (Wildman–Crippen MR) is 68.7 cm³/mol. The zero-order chi connectivity index (χ0) is 14.5. The fraction of sp³-hybridized carbons (Fsp3) is 0.417. The molecule has 4 N–H and O–H groups in total. The second kappa shape index (κ2) is 6.14. The van der Waals surface area contributed by atoms with Crippen molar-refractivity contribution in [2.75, 3.05) is 0 Å². The molecule has 0 fully saturated rings. The Balaban J connectivity index is 2.83. The summed E-state index contributed by atoms with van der Waals surface area (Å²) in [4.78, 5) is 27.2. The molecule has 0 aliphatic carbocycles. The average molecular weight is 266 g/mol. The predicted octanol–water partition coefficient (Wildman–Crippen LogP) is 0.637. The number of carbonyl (C=O) groups is 2. The van der Waals surface area contributed by atoms with Crippen molar-refractivity contribution in [2.45, 2.75) is 32.4 Å². The number of nitrogens with two attached hydrogens (primary N) is 1. The first-order valence-corrected chi connectivity index (χ1v) is 5.73. The zero-order valence-corrected chi connectivity index (χ0v) is 11.1. The van der Waals surface area contributed by atoms with Crippen molar-refractivity contribution < 1.29 is 14.3 Å². The van der Waals surface area contributed by atoms with Crippen LogP contribution in [0.3, 0.4) is 0 Å². The van der Waals surface area contributed by atoms with Crippen molar-refractivity contribution in [3.63, 3.8) is 0 Å². The Morgan fingerprint density at radius 3 is 2.37 bits per heavy atom. The fourth-order valence-corrected chi connectivity index (χ4v) is 1.36. The summed E-state index contributed by atoms with van der Waals surface area (Å²) in [6, 6.07) is 2.29. The Kier molecular flexibility index (Phi) is 4.82. The molecular weight excluding hydrogens is 248 g/mol. The monoisotopic (exact) mass is 266 g/mol. The third kappa shape index (κ3) is 4.92. The van der Waals surface area contributed by atoms with E-state index in [2.05, 4.69) is 10.3 Å². The Hall–Kier alpha value is -2.15. The molecule has 0 radical (unpaired) electrons. The van der Waals surface area contributed by atoms with Crippen molar-refractivity contribution >= 4 is 12.0 Å². The first kappa shape index (κ1) is 14.9. The third-order valence-corrected chi connectivity index (χ3v) is 2.10. The second-order valence-electron chi connectivity index (χ2n) is 4.87. The van der Waals surface area contributed by atoms with Gasteiger partial charge in [-0.15, -0.1) is 0 Å². The van der Waals surface area contributed by atoms with Gasteiger partial charge in [-0.2, -0.15) is 0 Å². The largest absolute Gasteiger partial charge is 0.444 e. The van der Waals surface area contributed by atoms with Crippen molar-refractivity contribution in [3.05, 3.63) is 30.1 Å². The lowest BCUT2D eigenvalue weighted by atomic mass is 10.1. The van der Waals surface area contributed by atoms with E-state index in [1.54, 1.807) is 32.9 Å². The Labute approximate surface area is 111 Å². The van der Waals surface area contributed by atoms with Crippen LogP contribution in [0.2, 0.25) is 0 Å². The summed E-state index contributed by atoms with van der Waals surface area (Å²) in [5.41, 5.74) is 1.91. The highest BCUT2D eigenvalue weighted by Crippen LogP contribution is 2.13. The number of amides is 2. The summed E-state index contributed by atoms with van der Waals surface area (Å²) in [7, 11) is 0. The number of pyridine rings is 1. The van der Waals surface area contributed by atoms with Crippen LogP contribution in [0.15, 0.2) is 24.5 Å². The van der Waals surface area contributed by atoms with Gasteiger partial charge in [0.25, 0.3) is 5.91 Å². The SMILES string of the molecule is CC(C)(C)OC(=O)NC(C(=O)NN)c1ccncc1. The van der Waals surface area contributed by atoms with Gasteiger partial charge in [0.15, 0.2) is 0 Å². The summed E-state index contributed by atoms with van der Waals surface area (Å²) in [6.45, 7) is 5.20. The maximum Gasteiger partial charge on any atom is 0.408 e. The summed E-state index contributed by atoms with van der Waals surface area (Å²) < 4.78 is 5.10. The molecule has 1 rings (SSSR count). The van der Waals surface area contributed by atoms with E-state index >= 15 is 0 Å². The maximum atomic E-state index is 11.7. The molecule has 0 spiro atoms. The molecule has 1 atom stereocenters. The number of ether oxygens (including phenoxy) is 1. The Morgan fingerprint density at radius 2 is 1.89 bits per heavy atom. The van der Waals surface area contributed by atoms with Crippen LogP contribution < -0.4 is 16.6 Å². The van der Waals surface area contributed by atoms with Gasteiger partial charge >= 0.3 is 6.09 Å². The number of aromatic nitrogens is 1. The first-order valence-electron chi connectivity index (χ1n) is 5.73. The van der Waals surface area contributed by atoms with E-state index in [1.165, 1.54) is 12.4 Å². The van der Waals surface area contributed by atoms with Crippen LogP contribution in [-0.4, -0.2) is 22.6 Å².